The zero-order valence-corrected chi connectivity index (χ0v) is 17.2. The third kappa shape index (κ3) is 5.31. The number of aliphatic hydroxyl groups is 1. The van der Waals surface area contributed by atoms with Crippen molar-refractivity contribution in [3.63, 3.8) is 0 Å². The van der Waals surface area contributed by atoms with Crippen molar-refractivity contribution in [2.24, 2.45) is 5.16 Å². The lowest BCUT2D eigenvalue weighted by molar-refractivity contribution is -0.110. The molecule has 2 N–H and O–H groups in total. The van der Waals surface area contributed by atoms with Crippen LogP contribution in [0.15, 0.2) is 52.6 Å². The number of aliphatic hydroxyl groups excluding tert-OH is 1. The van der Waals surface area contributed by atoms with Crippen molar-refractivity contribution >= 4 is 38.9 Å². The van der Waals surface area contributed by atoms with Gasteiger partial charge in [-0.15, -0.1) is 0 Å². The minimum Gasteiger partial charge on any atom is -0.392 e. The summed E-state index contributed by atoms with van der Waals surface area (Å²) in [5.41, 5.74) is 0.272. The van der Waals surface area contributed by atoms with E-state index in [1.165, 1.54) is 36.5 Å². The number of halogens is 1. The van der Waals surface area contributed by atoms with Gasteiger partial charge in [-0.1, -0.05) is 28.9 Å². The van der Waals surface area contributed by atoms with Crippen molar-refractivity contribution in [1.82, 2.24) is 4.98 Å². The van der Waals surface area contributed by atoms with Crippen LogP contribution in [0.3, 0.4) is 0 Å². The maximum absolute atomic E-state index is 12.7. The smallest absolute Gasteiger partial charge is 0.279 e. The Morgan fingerprint density at radius 3 is 2.55 bits per heavy atom. The Bertz CT molecular complexity index is 1000. The van der Waals surface area contributed by atoms with Crippen LogP contribution in [0, 0.1) is 0 Å². The largest absolute Gasteiger partial charge is 0.392 e. The number of amides is 1. The van der Waals surface area contributed by atoms with E-state index < -0.39 is 21.8 Å². The lowest BCUT2D eigenvalue weighted by Gasteiger charge is -2.11. The Morgan fingerprint density at radius 2 is 2.00 bits per heavy atom. The number of nitrogens with zero attached hydrogens (tertiary/aromatic N) is 2. The van der Waals surface area contributed by atoms with Crippen LogP contribution in [0.25, 0.3) is 0 Å². The Kier molecular flexibility index (Phi) is 6.51. The van der Waals surface area contributed by atoms with Crippen molar-refractivity contribution in [3.8, 4) is 0 Å². The second-order valence-corrected chi connectivity index (χ2v) is 9.29. The van der Waals surface area contributed by atoms with E-state index in [2.05, 4.69) is 15.5 Å². The Labute approximate surface area is 173 Å². The maximum Gasteiger partial charge on any atom is 0.279 e. The first-order valence-electron chi connectivity index (χ1n) is 8.93. The molecular formula is C19H20ClN3O5S. The van der Waals surface area contributed by atoms with Crippen molar-refractivity contribution in [2.45, 2.75) is 36.0 Å². The van der Waals surface area contributed by atoms with Gasteiger partial charge in [0.25, 0.3) is 5.91 Å². The zero-order chi connectivity index (χ0) is 21.0. The second kappa shape index (κ2) is 8.89. The first-order chi connectivity index (χ1) is 13.8. The molecule has 0 spiro atoms. The van der Waals surface area contributed by atoms with Gasteiger partial charge >= 0.3 is 0 Å². The molecule has 0 unspecified atom stereocenters. The summed E-state index contributed by atoms with van der Waals surface area (Å²) in [6.45, 7) is 1.31. The van der Waals surface area contributed by atoms with Gasteiger partial charge in [0.1, 0.15) is 11.9 Å². The summed E-state index contributed by atoms with van der Waals surface area (Å²) >= 11 is 5.79. The zero-order valence-electron chi connectivity index (χ0n) is 15.6. The fourth-order valence-electron chi connectivity index (χ4n) is 2.40. The van der Waals surface area contributed by atoms with Crippen molar-refractivity contribution in [3.05, 3.63) is 53.2 Å². The first-order valence-corrected chi connectivity index (χ1v) is 10.9. The van der Waals surface area contributed by atoms with Crippen LogP contribution < -0.4 is 5.32 Å². The third-order valence-electron chi connectivity index (χ3n) is 4.18. The summed E-state index contributed by atoms with van der Waals surface area (Å²) in [5.74, 6) is -0.349. The van der Waals surface area contributed by atoms with Gasteiger partial charge in [0.15, 0.2) is 15.5 Å². The number of aromatic nitrogens is 1. The summed E-state index contributed by atoms with van der Waals surface area (Å²) in [7, 11) is -3.34. The molecule has 1 heterocycles. The van der Waals surface area contributed by atoms with Crippen LogP contribution in [0.1, 0.15) is 25.3 Å². The molecule has 0 radical (unpaired) electrons. The van der Waals surface area contributed by atoms with Crippen LogP contribution in [0.5, 0.6) is 0 Å². The van der Waals surface area contributed by atoms with E-state index in [1.807, 2.05) is 0 Å². The molecule has 10 heteroatoms. The molecule has 29 heavy (non-hydrogen) atoms. The molecule has 1 saturated carbocycles. The summed E-state index contributed by atoms with van der Waals surface area (Å²) in [6, 6.07) is 8.98. The average molecular weight is 438 g/mol. The van der Waals surface area contributed by atoms with E-state index in [4.69, 9.17) is 21.5 Å². The molecule has 0 saturated heterocycles. The monoisotopic (exact) mass is 437 g/mol. The highest BCUT2D eigenvalue weighted by Gasteiger charge is 2.36. The van der Waals surface area contributed by atoms with Gasteiger partial charge in [0, 0.05) is 11.8 Å². The standard InChI is InChI=1S/C19H20ClN3O5S/c1-12(11-24)28-23-18(19(25)22-17-9-4-14(20)10-21-17)13-2-5-15(6-3-13)29(26,27)16-7-8-16/h2-6,9-10,12,16,24H,7-8,11H2,1H3,(H,21,22,25)/t12-/m1/s1. The predicted octanol–water partition coefficient (Wildman–Crippen LogP) is 2.41. The summed E-state index contributed by atoms with van der Waals surface area (Å²) < 4.78 is 24.7. The molecule has 0 bridgehead atoms. The Hall–Kier alpha value is -2.49. The molecule has 2 aromatic rings. The molecule has 1 aliphatic carbocycles. The second-order valence-electron chi connectivity index (χ2n) is 6.62. The van der Waals surface area contributed by atoms with Gasteiger partial charge in [-0.05, 0) is 44.0 Å². The number of carbonyl (C=O) groups excluding carboxylic acids is 1. The van der Waals surface area contributed by atoms with E-state index in [0.717, 1.165) is 0 Å². The van der Waals surface area contributed by atoms with Crippen molar-refractivity contribution in [2.75, 3.05) is 11.9 Å². The lowest BCUT2D eigenvalue weighted by atomic mass is 10.1. The summed E-state index contributed by atoms with van der Waals surface area (Å²) in [6.07, 6.45) is 2.09. The molecule has 1 fully saturated rings. The predicted molar refractivity (Wildman–Crippen MR) is 109 cm³/mol. The number of sulfone groups is 1. The number of pyridine rings is 1. The highest BCUT2D eigenvalue weighted by molar-refractivity contribution is 7.92. The normalized spacial score (nSPS) is 15.6. The molecule has 154 valence electrons. The fourth-order valence-corrected chi connectivity index (χ4v) is 4.17. The van der Waals surface area contributed by atoms with E-state index in [-0.39, 0.29) is 28.3 Å². The molecule has 1 aromatic carbocycles. The Morgan fingerprint density at radius 1 is 1.31 bits per heavy atom. The molecule has 8 nitrogen and oxygen atoms in total. The number of oxime groups is 1. The van der Waals surface area contributed by atoms with Crippen LogP contribution in [-0.2, 0) is 19.5 Å². The quantitative estimate of drug-likeness (QED) is 0.483. The molecular weight excluding hydrogens is 418 g/mol. The number of rotatable bonds is 8. The number of benzene rings is 1. The van der Waals surface area contributed by atoms with Crippen LogP contribution in [0.4, 0.5) is 5.82 Å². The van der Waals surface area contributed by atoms with Gasteiger partial charge in [0.2, 0.25) is 0 Å². The number of hydrogen-bond donors (Lipinski definition) is 2. The minimum absolute atomic E-state index is 0.0857. The van der Waals surface area contributed by atoms with E-state index in [0.29, 0.717) is 23.4 Å². The molecule has 1 atom stereocenters. The third-order valence-corrected chi connectivity index (χ3v) is 6.69. The highest BCUT2D eigenvalue weighted by atomic mass is 35.5. The molecule has 0 aliphatic heterocycles. The van der Waals surface area contributed by atoms with E-state index >= 15 is 0 Å². The first kappa shape index (κ1) is 21.2. The van der Waals surface area contributed by atoms with Crippen LogP contribution in [0.2, 0.25) is 5.02 Å². The van der Waals surface area contributed by atoms with Crippen molar-refractivity contribution in [1.29, 1.82) is 0 Å². The number of carbonyl (C=O) groups is 1. The van der Waals surface area contributed by atoms with Gasteiger partial charge in [-0.2, -0.15) is 0 Å². The highest BCUT2D eigenvalue weighted by Crippen LogP contribution is 2.33. The van der Waals surface area contributed by atoms with Crippen LogP contribution in [-0.4, -0.2) is 48.1 Å². The molecule has 1 amide bonds. The number of nitrogens with one attached hydrogen (secondary N) is 1. The minimum atomic E-state index is -3.34. The lowest BCUT2D eigenvalue weighted by Crippen LogP contribution is -2.25. The summed E-state index contributed by atoms with van der Waals surface area (Å²) in [4.78, 5) is 22.1. The van der Waals surface area contributed by atoms with E-state index in [9.17, 15) is 13.2 Å². The van der Waals surface area contributed by atoms with Crippen LogP contribution >= 0.6 is 11.6 Å². The fraction of sp³-hybridized carbons (Fsp3) is 0.316. The summed E-state index contributed by atoms with van der Waals surface area (Å²) in [5, 5.41) is 15.7. The molecule has 3 rings (SSSR count). The van der Waals surface area contributed by atoms with Gasteiger partial charge in [-0.25, -0.2) is 13.4 Å². The topological polar surface area (TPSA) is 118 Å². The van der Waals surface area contributed by atoms with Gasteiger partial charge in [0.05, 0.1) is 21.8 Å². The molecule has 1 aromatic heterocycles. The number of anilines is 1. The molecule has 1 aliphatic rings. The van der Waals surface area contributed by atoms with Crippen molar-refractivity contribution < 1.29 is 23.2 Å². The van der Waals surface area contributed by atoms with E-state index in [1.54, 1.807) is 13.0 Å². The van der Waals surface area contributed by atoms with Gasteiger partial charge in [-0.3, -0.25) is 4.79 Å². The SMILES string of the molecule is C[C@H](CO)ON=C(C(=O)Nc1ccc(Cl)cn1)c1ccc(S(=O)(=O)C2CC2)cc1. The Balaban J connectivity index is 1.86. The maximum atomic E-state index is 12.7. The number of hydrogen-bond acceptors (Lipinski definition) is 7. The average Bonchev–Trinajstić information content (AvgIpc) is 3.56. The van der Waals surface area contributed by atoms with Gasteiger partial charge < -0.3 is 15.3 Å².